The van der Waals surface area contributed by atoms with E-state index in [1.165, 1.54) is 6.07 Å². The maximum atomic E-state index is 13.4. The highest BCUT2D eigenvalue weighted by molar-refractivity contribution is 5.69. The van der Waals surface area contributed by atoms with Crippen LogP contribution in [0.4, 0.5) is 23.7 Å². The molecule has 28 heavy (non-hydrogen) atoms. The smallest absolute Gasteiger partial charge is 0.416 e. The molecule has 0 bridgehead atoms. The molecular weight excluding hydrogens is 371 g/mol. The predicted octanol–water partition coefficient (Wildman–Crippen LogP) is 3.80. The van der Waals surface area contributed by atoms with E-state index in [4.69, 9.17) is 4.74 Å². The lowest BCUT2D eigenvalue weighted by atomic mass is 9.92. The van der Waals surface area contributed by atoms with Crippen LogP contribution in [0.5, 0.6) is 0 Å². The Kier molecular flexibility index (Phi) is 5.53. The summed E-state index contributed by atoms with van der Waals surface area (Å²) in [7, 11) is 0. The molecule has 2 aliphatic heterocycles. The quantitative estimate of drug-likeness (QED) is 0.780. The first-order valence-corrected chi connectivity index (χ1v) is 9.64. The number of rotatable bonds is 1. The molecule has 1 atom stereocenters. The Bertz CT molecular complexity index is 743. The second kappa shape index (κ2) is 7.46. The van der Waals surface area contributed by atoms with Crippen molar-refractivity contribution in [2.75, 3.05) is 31.1 Å². The molecule has 5 nitrogen and oxygen atoms in total. The molecule has 0 unspecified atom stereocenters. The molecule has 2 heterocycles. The van der Waals surface area contributed by atoms with Crippen LogP contribution in [-0.2, 0) is 23.9 Å². The van der Waals surface area contributed by atoms with Crippen LogP contribution in [0.2, 0.25) is 0 Å². The average molecular weight is 399 g/mol. The van der Waals surface area contributed by atoms with Crippen molar-refractivity contribution in [2.45, 2.75) is 58.5 Å². The molecule has 0 aromatic heterocycles. The fourth-order valence-corrected chi connectivity index (χ4v) is 3.92. The summed E-state index contributed by atoms with van der Waals surface area (Å²) in [5.41, 5.74) is 0.843. The molecule has 0 spiro atoms. The van der Waals surface area contributed by atoms with Crippen molar-refractivity contribution < 1.29 is 22.7 Å². The van der Waals surface area contributed by atoms with Crippen LogP contribution in [0.25, 0.3) is 0 Å². The maximum Gasteiger partial charge on any atom is 0.416 e. The van der Waals surface area contributed by atoms with E-state index in [2.05, 4.69) is 10.2 Å². The number of ether oxygens (including phenoxy) is 1. The molecule has 1 saturated heterocycles. The molecule has 1 fully saturated rings. The summed E-state index contributed by atoms with van der Waals surface area (Å²) in [6.45, 7) is 9.97. The Hall–Kier alpha value is -1.96. The van der Waals surface area contributed by atoms with Gasteiger partial charge in [-0.1, -0.05) is 0 Å². The van der Waals surface area contributed by atoms with Gasteiger partial charge >= 0.3 is 12.3 Å². The minimum atomic E-state index is -4.34. The number of carbonyl (C=O) groups is 1. The lowest BCUT2D eigenvalue weighted by Gasteiger charge is -2.42. The summed E-state index contributed by atoms with van der Waals surface area (Å²) in [5, 5.41) is 3.18. The van der Waals surface area contributed by atoms with Gasteiger partial charge in [-0.05, 0) is 63.9 Å². The number of piperazine rings is 1. The van der Waals surface area contributed by atoms with E-state index in [1.54, 1.807) is 11.0 Å². The zero-order valence-corrected chi connectivity index (χ0v) is 16.8. The van der Waals surface area contributed by atoms with Crippen LogP contribution >= 0.6 is 0 Å². The van der Waals surface area contributed by atoms with E-state index in [0.29, 0.717) is 44.7 Å². The molecule has 156 valence electrons. The van der Waals surface area contributed by atoms with Gasteiger partial charge in [0.15, 0.2) is 0 Å². The molecule has 1 N–H and O–H groups in total. The number of carbonyl (C=O) groups excluding carboxylic acids is 1. The Labute approximate surface area is 163 Å². The van der Waals surface area contributed by atoms with Crippen molar-refractivity contribution in [3.8, 4) is 0 Å². The molecule has 1 amide bonds. The number of halogens is 3. The highest BCUT2D eigenvalue weighted by Crippen LogP contribution is 2.38. The van der Waals surface area contributed by atoms with Gasteiger partial charge < -0.3 is 19.9 Å². The number of fused-ring (bicyclic) bond motifs is 1. The van der Waals surface area contributed by atoms with Gasteiger partial charge in [0, 0.05) is 37.9 Å². The Balaban J connectivity index is 1.82. The standard InChI is InChI=1S/C20H28F3N3O2/c1-13-12-25(9-10-26(13)18(27)28-19(2,3)4)17-6-5-16(20(21,22)23)14-7-8-24-11-15(14)17/h5-6,13,24H,7-12H2,1-4H3/t13-/m1/s1. The minimum Gasteiger partial charge on any atom is -0.444 e. The Morgan fingerprint density at radius 3 is 2.50 bits per heavy atom. The van der Waals surface area contributed by atoms with Crippen molar-refractivity contribution >= 4 is 11.8 Å². The number of amides is 1. The van der Waals surface area contributed by atoms with Crippen molar-refractivity contribution in [3.63, 3.8) is 0 Å². The summed E-state index contributed by atoms with van der Waals surface area (Å²) >= 11 is 0. The second-order valence-electron chi connectivity index (χ2n) is 8.48. The van der Waals surface area contributed by atoms with Gasteiger partial charge in [0.1, 0.15) is 5.60 Å². The zero-order chi connectivity index (χ0) is 20.7. The first kappa shape index (κ1) is 20.8. The van der Waals surface area contributed by atoms with Gasteiger partial charge in [0.05, 0.1) is 5.56 Å². The number of alkyl halides is 3. The van der Waals surface area contributed by atoms with Gasteiger partial charge in [-0.15, -0.1) is 0 Å². The monoisotopic (exact) mass is 399 g/mol. The summed E-state index contributed by atoms with van der Waals surface area (Å²) in [4.78, 5) is 16.2. The number of benzene rings is 1. The lowest BCUT2D eigenvalue weighted by molar-refractivity contribution is -0.138. The van der Waals surface area contributed by atoms with Crippen LogP contribution < -0.4 is 10.2 Å². The van der Waals surface area contributed by atoms with Gasteiger partial charge in [-0.2, -0.15) is 13.2 Å². The SMILES string of the molecule is C[C@@H]1CN(c2ccc(C(F)(F)F)c3c2CNCC3)CCN1C(=O)OC(C)(C)C. The third-order valence-electron chi connectivity index (χ3n) is 5.16. The highest BCUT2D eigenvalue weighted by atomic mass is 19.4. The van der Waals surface area contributed by atoms with Crippen LogP contribution in [0, 0.1) is 0 Å². The van der Waals surface area contributed by atoms with Crippen LogP contribution in [0.3, 0.4) is 0 Å². The fraction of sp³-hybridized carbons (Fsp3) is 0.650. The fourth-order valence-electron chi connectivity index (χ4n) is 3.92. The van der Waals surface area contributed by atoms with Crippen molar-refractivity contribution in [3.05, 3.63) is 28.8 Å². The first-order valence-electron chi connectivity index (χ1n) is 9.64. The van der Waals surface area contributed by atoms with Gasteiger partial charge in [0.25, 0.3) is 0 Å². The average Bonchev–Trinajstić information content (AvgIpc) is 2.58. The molecule has 0 radical (unpaired) electrons. The van der Waals surface area contributed by atoms with Crippen LogP contribution in [0.15, 0.2) is 12.1 Å². The summed E-state index contributed by atoms with van der Waals surface area (Å²) in [6, 6.07) is 2.67. The molecule has 8 heteroatoms. The summed E-state index contributed by atoms with van der Waals surface area (Å²) < 4.78 is 45.7. The Morgan fingerprint density at radius 2 is 1.89 bits per heavy atom. The van der Waals surface area contributed by atoms with Gasteiger partial charge in [0.2, 0.25) is 0 Å². The topological polar surface area (TPSA) is 44.8 Å². The van der Waals surface area contributed by atoms with E-state index in [9.17, 15) is 18.0 Å². The highest BCUT2D eigenvalue weighted by Gasteiger charge is 2.37. The predicted molar refractivity (Wildman–Crippen MR) is 101 cm³/mol. The maximum absolute atomic E-state index is 13.4. The molecule has 1 aromatic carbocycles. The lowest BCUT2D eigenvalue weighted by Crippen LogP contribution is -2.55. The van der Waals surface area contributed by atoms with E-state index in [0.717, 1.165) is 11.3 Å². The number of anilines is 1. The molecule has 3 rings (SSSR count). The summed E-state index contributed by atoms with van der Waals surface area (Å²) in [6.07, 6.45) is -4.33. The van der Waals surface area contributed by atoms with E-state index in [1.807, 2.05) is 27.7 Å². The molecule has 2 aliphatic rings. The minimum absolute atomic E-state index is 0.0990. The largest absolute Gasteiger partial charge is 0.444 e. The molecular formula is C20H28F3N3O2. The van der Waals surface area contributed by atoms with E-state index < -0.39 is 17.3 Å². The second-order valence-corrected chi connectivity index (χ2v) is 8.48. The number of hydrogen-bond acceptors (Lipinski definition) is 4. The van der Waals surface area contributed by atoms with Crippen molar-refractivity contribution in [1.29, 1.82) is 0 Å². The van der Waals surface area contributed by atoms with Gasteiger partial charge in [-0.25, -0.2) is 4.79 Å². The molecule has 1 aromatic rings. The van der Waals surface area contributed by atoms with E-state index in [-0.39, 0.29) is 12.1 Å². The first-order chi connectivity index (χ1) is 13.0. The van der Waals surface area contributed by atoms with Crippen molar-refractivity contribution in [1.82, 2.24) is 10.2 Å². The third kappa shape index (κ3) is 4.37. The van der Waals surface area contributed by atoms with Crippen LogP contribution in [-0.4, -0.2) is 48.8 Å². The van der Waals surface area contributed by atoms with Crippen molar-refractivity contribution in [2.24, 2.45) is 0 Å². The number of nitrogens with zero attached hydrogens (tertiary/aromatic N) is 2. The number of nitrogens with one attached hydrogen (secondary N) is 1. The zero-order valence-electron chi connectivity index (χ0n) is 16.8. The normalized spacial score (nSPS) is 20.8. The van der Waals surface area contributed by atoms with Gasteiger partial charge in [-0.3, -0.25) is 0 Å². The number of hydrogen-bond donors (Lipinski definition) is 1. The third-order valence-corrected chi connectivity index (χ3v) is 5.16. The molecule has 0 saturated carbocycles. The summed E-state index contributed by atoms with van der Waals surface area (Å²) in [5.74, 6) is 0. The van der Waals surface area contributed by atoms with Crippen LogP contribution in [0.1, 0.15) is 44.4 Å². The van der Waals surface area contributed by atoms with E-state index >= 15 is 0 Å². The Morgan fingerprint density at radius 1 is 1.18 bits per heavy atom. The molecule has 0 aliphatic carbocycles.